The second-order valence-corrected chi connectivity index (χ2v) is 3.96. The van der Waals surface area contributed by atoms with Crippen molar-refractivity contribution in [3.63, 3.8) is 0 Å². The lowest BCUT2D eigenvalue weighted by Gasteiger charge is -2.10. The number of phenols is 1. The van der Waals surface area contributed by atoms with Crippen LogP contribution in [0.4, 0.5) is 5.69 Å². The molecule has 2 aromatic carbocycles. The van der Waals surface area contributed by atoms with Gasteiger partial charge < -0.3 is 9.84 Å². The molecule has 0 spiro atoms. The molecule has 6 heteroatoms. The van der Waals surface area contributed by atoms with Gasteiger partial charge in [-0.25, -0.2) is 0 Å². The van der Waals surface area contributed by atoms with Crippen LogP contribution in [0.5, 0.6) is 11.5 Å². The van der Waals surface area contributed by atoms with Gasteiger partial charge in [0.25, 0.3) is 0 Å². The maximum absolute atomic E-state index is 10.9. The van der Waals surface area contributed by atoms with E-state index >= 15 is 0 Å². The molecule has 0 saturated heterocycles. The quantitative estimate of drug-likeness (QED) is 0.683. The van der Waals surface area contributed by atoms with Crippen LogP contribution in [0.2, 0.25) is 0 Å². The largest absolute Gasteiger partial charge is 0.502 e. The van der Waals surface area contributed by atoms with Crippen LogP contribution >= 0.6 is 0 Å². The zero-order chi connectivity index (χ0) is 14.7. The Balaban J connectivity index is 2.67. The third kappa shape index (κ3) is 2.24. The summed E-state index contributed by atoms with van der Waals surface area (Å²) >= 11 is 0. The van der Waals surface area contributed by atoms with Gasteiger partial charge >= 0.3 is 5.69 Å². The number of methoxy groups -OCH3 is 1. The van der Waals surface area contributed by atoms with E-state index in [-0.39, 0.29) is 5.56 Å². The number of nitro groups is 1. The molecule has 0 radical (unpaired) electrons. The summed E-state index contributed by atoms with van der Waals surface area (Å²) in [4.78, 5) is 10.2. The monoisotopic (exact) mass is 270 g/mol. The van der Waals surface area contributed by atoms with Gasteiger partial charge in [0.1, 0.15) is 5.75 Å². The highest BCUT2D eigenvalue weighted by Crippen LogP contribution is 2.43. The molecule has 0 heterocycles. The summed E-state index contributed by atoms with van der Waals surface area (Å²) in [6.07, 6.45) is 0. The molecule has 0 fully saturated rings. The summed E-state index contributed by atoms with van der Waals surface area (Å²) in [7, 11) is 1.41. The van der Waals surface area contributed by atoms with Crippen molar-refractivity contribution >= 4 is 5.69 Å². The minimum absolute atomic E-state index is 0.228. The molecule has 20 heavy (non-hydrogen) atoms. The molecular weight excluding hydrogens is 260 g/mol. The Kier molecular flexibility index (Phi) is 3.53. The Bertz CT molecular complexity index is 702. The molecule has 1 N–H and O–H groups in total. The van der Waals surface area contributed by atoms with Gasteiger partial charge in [0.2, 0.25) is 5.75 Å². The fraction of sp³-hybridized carbons (Fsp3) is 0.0714. The van der Waals surface area contributed by atoms with Gasteiger partial charge in [-0.15, -0.1) is 0 Å². The van der Waals surface area contributed by atoms with Crippen LogP contribution in [-0.2, 0) is 0 Å². The first kappa shape index (κ1) is 13.4. The Morgan fingerprint density at radius 3 is 2.40 bits per heavy atom. The fourth-order valence-electron chi connectivity index (χ4n) is 1.87. The van der Waals surface area contributed by atoms with Gasteiger partial charge in [0.05, 0.1) is 29.2 Å². The smallest absolute Gasteiger partial charge is 0.311 e. The molecule has 0 bridgehead atoms. The van der Waals surface area contributed by atoms with Crippen molar-refractivity contribution in [2.45, 2.75) is 0 Å². The van der Waals surface area contributed by atoms with Gasteiger partial charge in [0.15, 0.2) is 0 Å². The van der Waals surface area contributed by atoms with E-state index in [1.807, 2.05) is 6.07 Å². The Hall–Kier alpha value is -3.07. The van der Waals surface area contributed by atoms with Crippen LogP contribution < -0.4 is 4.74 Å². The molecule has 0 aliphatic rings. The summed E-state index contributed by atoms with van der Waals surface area (Å²) in [5.41, 5.74) is 0.816. The molecule has 100 valence electrons. The van der Waals surface area contributed by atoms with Crippen LogP contribution in [0, 0.1) is 21.4 Å². The lowest BCUT2D eigenvalue weighted by atomic mass is 10.0. The molecular formula is C14H10N2O4. The Labute approximate surface area is 114 Å². The number of rotatable bonds is 3. The lowest BCUT2D eigenvalue weighted by Crippen LogP contribution is -1.94. The zero-order valence-corrected chi connectivity index (χ0v) is 10.5. The SMILES string of the molecule is COc1ccc([N+](=O)[O-])c(O)c1-c1ccc(C#N)cc1. The molecule has 0 aliphatic heterocycles. The predicted octanol–water partition coefficient (Wildman–Crippen LogP) is 2.85. The first-order chi connectivity index (χ1) is 9.58. The molecule has 0 atom stereocenters. The van der Waals surface area contributed by atoms with Crippen LogP contribution in [0.3, 0.4) is 0 Å². The minimum Gasteiger partial charge on any atom is -0.502 e. The van der Waals surface area contributed by atoms with Gasteiger partial charge in [0, 0.05) is 6.07 Å². The van der Waals surface area contributed by atoms with E-state index in [1.54, 1.807) is 24.3 Å². The van der Waals surface area contributed by atoms with E-state index in [1.165, 1.54) is 19.2 Å². The number of hydrogen-bond donors (Lipinski definition) is 1. The van der Waals surface area contributed by atoms with Crippen LogP contribution in [0.25, 0.3) is 11.1 Å². The van der Waals surface area contributed by atoms with Crippen LogP contribution in [0.15, 0.2) is 36.4 Å². The molecule has 2 rings (SSSR count). The highest BCUT2D eigenvalue weighted by Gasteiger charge is 2.22. The molecule has 2 aromatic rings. The topological polar surface area (TPSA) is 96.4 Å². The van der Waals surface area contributed by atoms with Crippen molar-refractivity contribution in [1.29, 1.82) is 5.26 Å². The number of benzene rings is 2. The average Bonchev–Trinajstić information content (AvgIpc) is 2.46. The highest BCUT2D eigenvalue weighted by molar-refractivity contribution is 5.81. The maximum Gasteiger partial charge on any atom is 0.311 e. The second kappa shape index (κ2) is 5.28. The fourth-order valence-corrected chi connectivity index (χ4v) is 1.87. The van der Waals surface area contributed by atoms with Crippen molar-refractivity contribution in [2.24, 2.45) is 0 Å². The molecule has 0 aliphatic carbocycles. The van der Waals surface area contributed by atoms with Crippen LogP contribution in [-0.4, -0.2) is 17.1 Å². The normalized spacial score (nSPS) is 9.80. The molecule has 0 amide bonds. The Morgan fingerprint density at radius 2 is 1.90 bits per heavy atom. The molecule has 6 nitrogen and oxygen atoms in total. The lowest BCUT2D eigenvalue weighted by molar-refractivity contribution is -0.385. The number of phenolic OH excluding ortho intramolecular Hbond substituents is 1. The third-order valence-corrected chi connectivity index (χ3v) is 2.84. The van der Waals surface area contributed by atoms with E-state index < -0.39 is 16.4 Å². The summed E-state index contributed by atoms with van der Waals surface area (Å²) in [5.74, 6) is -0.142. The van der Waals surface area contributed by atoms with E-state index in [4.69, 9.17) is 10.00 Å². The number of hydrogen-bond acceptors (Lipinski definition) is 5. The molecule has 0 saturated carbocycles. The Morgan fingerprint density at radius 1 is 1.25 bits per heavy atom. The number of nitrogens with zero attached hydrogens (tertiary/aromatic N) is 2. The maximum atomic E-state index is 10.9. The van der Waals surface area contributed by atoms with Crippen molar-refractivity contribution < 1.29 is 14.8 Å². The first-order valence-corrected chi connectivity index (χ1v) is 5.63. The van der Waals surface area contributed by atoms with Crippen molar-refractivity contribution in [1.82, 2.24) is 0 Å². The van der Waals surface area contributed by atoms with E-state index in [2.05, 4.69) is 0 Å². The van der Waals surface area contributed by atoms with E-state index in [0.29, 0.717) is 16.9 Å². The van der Waals surface area contributed by atoms with Crippen molar-refractivity contribution in [2.75, 3.05) is 7.11 Å². The van der Waals surface area contributed by atoms with Crippen LogP contribution in [0.1, 0.15) is 5.56 Å². The highest BCUT2D eigenvalue weighted by atomic mass is 16.6. The number of ether oxygens (including phenoxy) is 1. The summed E-state index contributed by atoms with van der Waals surface area (Å²) in [5, 5.41) is 29.7. The van der Waals surface area contributed by atoms with Gasteiger partial charge in [-0.05, 0) is 23.8 Å². The zero-order valence-electron chi connectivity index (χ0n) is 10.5. The van der Waals surface area contributed by atoms with Gasteiger partial charge in [-0.3, -0.25) is 10.1 Å². The second-order valence-electron chi connectivity index (χ2n) is 3.96. The number of aromatic hydroxyl groups is 1. The summed E-state index contributed by atoms with van der Waals surface area (Å²) in [6.45, 7) is 0. The molecule has 0 aromatic heterocycles. The van der Waals surface area contributed by atoms with Crippen molar-refractivity contribution in [3.05, 3.63) is 52.1 Å². The first-order valence-electron chi connectivity index (χ1n) is 5.63. The van der Waals surface area contributed by atoms with Gasteiger partial charge in [-0.1, -0.05) is 12.1 Å². The minimum atomic E-state index is -0.665. The van der Waals surface area contributed by atoms with E-state index in [0.717, 1.165) is 0 Å². The third-order valence-electron chi connectivity index (χ3n) is 2.84. The van der Waals surface area contributed by atoms with Crippen molar-refractivity contribution in [3.8, 4) is 28.7 Å². The molecule has 0 unspecified atom stereocenters. The van der Waals surface area contributed by atoms with Gasteiger partial charge in [-0.2, -0.15) is 5.26 Å². The number of nitro benzene ring substituents is 1. The average molecular weight is 270 g/mol. The predicted molar refractivity (Wildman–Crippen MR) is 71.5 cm³/mol. The standard InChI is InChI=1S/C14H10N2O4/c1-20-12-7-6-11(16(18)19)14(17)13(12)10-4-2-9(8-15)3-5-10/h2-7,17H,1H3. The van der Waals surface area contributed by atoms with E-state index in [9.17, 15) is 15.2 Å². The summed E-state index contributed by atoms with van der Waals surface area (Å²) in [6, 6.07) is 10.9. The summed E-state index contributed by atoms with van der Waals surface area (Å²) < 4.78 is 5.12. The number of nitriles is 1.